The molecule has 1 aliphatic heterocycles. The molecule has 0 aliphatic carbocycles. The number of phosphoric ester groups is 1. The molecule has 2 aromatic rings. The Morgan fingerprint density at radius 1 is 1.13 bits per heavy atom. The molecule has 45 heavy (non-hydrogen) atoms. The van der Waals surface area contributed by atoms with Gasteiger partial charge in [0.15, 0.2) is 33.4 Å². The van der Waals surface area contributed by atoms with E-state index < -0.39 is 49.4 Å². The molecule has 13 nitrogen and oxygen atoms in total. The van der Waals surface area contributed by atoms with E-state index in [4.69, 9.17) is 24.7 Å². The molecule has 1 aliphatic rings. The maximum atomic E-state index is 16.2. The lowest BCUT2D eigenvalue weighted by Crippen LogP contribution is -2.42. The van der Waals surface area contributed by atoms with Gasteiger partial charge in [-0.2, -0.15) is 0 Å². The van der Waals surface area contributed by atoms with E-state index in [2.05, 4.69) is 20.3 Å². The van der Waals surface area contributed by atoms with Crippen molar-refractivity contribution >= 4 is 58.6 Å². The molecule has 250 valence electrons. The fraction of sp³-hybridized carbons (Fsp3) is 0.679. The van der Waals surface area contributed by atoms with Gasteiger partial charge in [-0.3, -0.25) is 27.7 Å². The van der Waals surface area contributed by atoms with Crippen LogP contribution in [0.1, 0.15) is 53.6 Å². The zero-order valence-electron chi connectivity index (χ0n) is 26.7. The number of phosphoric acid groups is 1. The average molecular weight is 690 g/mol. The van der Waals surface area contributed by atoms with E-state index in [1.165, 1.54) is 10.9 Å². The Hall–Kier alpha value is -2.09. The number of hydrogen-bond donors (Lipinski definition) is 2. The number of hydrogen-bond acceptors (Lipinski definition) is 14. The van der Waals surface area contributed by atoms with Gasteiger partial charge < -0.3 is 15.2 Å². The maximum absolute atomic E-state index is 16.2. The van der Waals surface area contributed by atoms with Crippen molar-refractivity contribution in [1.82, 2.24) is 19.5 Å². The normalized spacial score (nSPS) is 22.5. The number of imidazole rings is 1. The summed E-state index contributed by atoms with van der Waals surface area (Å²) >= 11 is 2.01. The summed E-state index contributed by atoms with van der Waals surface area (Å²) in [6, 6.07) is 0. The summed E-state index contributed by atoms with van der Waals surface area (Å²) in [5.41, 5.74) is -3.37. The van der Waals surface area contributed by atoms with Crippen molar-refractivity contribution in [1.29, 1.82) is 0 Å². The first-order valence-corrected chi connectivity index (χ1v) is 17.6. The highest BCUT2D eigenvalue weighted by atomic mass is 32.2. The zero-order chi connectivity index (χ0) is 33.8. The van der Waals surface area contributed by atoms with Gasteiger partial charge in [-0.25, -0.2) is 23.9 Å². The fourth-order valence-corrected chi connectivity index (χ4v) is 6.96. The molecule has 0 bridgehead atoms. The smallest absolute Gasteiger partial charge is 0.386 e. The van der Waals surface area contributed by atoms with Crippen LogP contribution in [-0.4, -0.2) is 91.1 Å². The van der Waals surface area contributed by atoms with Crippen LogP contribution < -0.4 is 5.32 Å². The number of aliphatic hydroxyl groups excluding tert-OH is 1. The average Bonchev–Trinajstić information content (AvgIpc) is 3.48. The largest absolute Gasteiger partial charge is 0.474 e. The molecule has 3 rings (SSSR count). The highest BCUT2D eigenvalue weighted by Crippen LogP contribution is 2.51. The van der Waals surface area contributed by atoms with Gasteiger partial charge in [0.25, 0.3) is 0 Å². The van der Waals surface area contributed by atoms with Crippen molar-refractivity contribution in [3.63, 3.8) is 0 Å². The molecular weight excluding hydrogens is 648 g/mol. The van der Waals surface area contributed by atoms with E-state index in [9.17, 15) is 19.3 Å². The van der Waals surface area contributed by atoms with Crippen molar-refractivity contribution < 1.29 is 42.0 Å². The number of carbonyl (C=O) groups is 2. The second-order valence-corrected chi connectivity index (χ2v) is 16.1. The number of aromatic nitrogens is 4. The second kappa shape index (κ2) is 14.8. The number of rotatable bonds is 13. The zero-order valence-corrected chi connectivity index (χ0v) is 29.2. The molecule has 0 aromatic carbocycles. The van der Waals surface area contributed by atoms with E-state index in [-0.39, 0.29) is 40.6 Å². The Balaban J connectivity index is 1.76. The number of aryl methyl sites for hydroxylation is 1. The van der Waals surface area contributed by atoms with Gasteiger partial charge in [-0.1, -0.05) is 71.0 Å². The van der Waals surface area contributed by atoms with Crippen LogP contribution in [0.3, 0.4) is 0 Å². The number of carbonyl (C=O) groups excluding carboxylic acids is 2. The Labute approximate surface area is 271 Å². The highest BCUT2D eigenvalue weighted by Gasteiger charge is 2.58. The topological polar surface area (TPSA) is 164 Å². The summed E-state index contributed by atoms with van der Waals surface area (Å²) in [7, 11) is -2.70. The van der Waals surface area contributed by atoms with Gasteiger partial charge >= 0.3 is 7.82 Å². The minimum atomic E-state index is -4.35. The Kier molecular flexibility index (Phi) is 12.3. The number of nitrogens with zero attached hydrogens (tertiary/aromatic N) is 4. The van der Waals surface area contributed by atoms with Crippen molar-refractivity contribution in [2.75, 3.05) is 43.7 Å². The minimum absolute atomic E-state index is 0.0868. The van der Waals surface area contributed by atoms with Crippen LogP contribution in [0.5, 0.6) is 0 Å². The summed E-state index contributed by atoms with van der Waals surface area (Å²) < 4.78 is 53.4. The number of halogens is 1. The molecule has 2 aromatic heterocycles. The van der Waals surface area contributed by atoms with E-state index in [1.54, 1.807) is 55.5 Å². The number of terminal acetylenes is 1. The Morgan fingerprint density at radius 3 is 2.18 bits per heavy atom. The number of nitrogens with one attached hydrogen (secondary N) is 1. The van der Waals surface area contributed by atoms with Crippen LogP contribution in [0.25, 0.3) is 11.2 Å². The summed E-state index contributed by atoms with van der Waals surface area (Å²) in [5, 5.41) is 13.7. The van der Waals surface area contributed by atoms with Gasteiger partial charge in [0.1, 0.15) is 18.0 Å². The molecule has 0 radical (unpaired) electrons. The first-order chi connectivity index (χ1) is 20.9. The van der Waals surface area contributed by atoms with Crippen LogP contribution >= 0.6 is 31.3 Å². The quantitative estimate of drug-likeness (QED) is 0.171. The van der Waals surface area contributed by atoms with Crippen molar-refractivity contribution in [3.05, 3.63) is 12.2 Å². The summed E-state index contributed by atoms with van der Waals surface area (Å²) in [4.78, 5) is 37.4. The Bertz CT molecular complexity index is 1440. The predicted octanol–water partition coefficient (Wildman–Crippen LogP) is 4.55. The second-order valence-electron chi connectivity index (χ2n) is 12.3. The first-order valence-electron chi connectivity index (χ1n) is 14.1. The number of thioether (sulfide) groups is 2. The van der Waals surface area contributed by atoms with Crippen LogP contribution in [0, 0.1) is 30.1 Å². The van der Waals surface area contributed by atoms with Crippen molar-refractivity contribution in [2.24, 2.45) is 10.8 Å². The summed E-state index contributed by atoms with van der Waals surface area (Å²) in [5.74, 6) is 3.07. The van der Waals surface area contributed by atoms with E-state index in [0.29, 0.717) is 17.2 Å². The van der Waals surface area contributed by atoms with Gasteiger partial charge in [-0.15, -0.1) is 6.42 Å². The molecule has 3 heterocycles. The van der Waals surface area contributed by atoms with E-state index >= 15 is 4.39 Å². The fourth-order valence-electron chi connectivity index (χ4n) is 3.96. The lowest BCUT2D eigenvalue weighted by atomic mass is 9.97. The molecule has 1 saturated heterocycles. The maximum Gasteiger partial charge on any atom is 0.474 e. The third kappa shape index (κ3) is 9.04. The number of fused-ring (bicyclic) bond motifs is 1. The van der Waals surface area contributed by atoms with Crippen molar-refractivity contribution in [2.45, 2.75) is 72.6 Å². The number of aliphatic hydroxyl groups is 1. The van der Waals surface area contributed by atoms with Gasteiger partial charge in [0.2, 0.25) is 5.67 Å². The van der Waals surface area contributed by atoms with Crippen LogP contribution in [-0.2, 0) is 32.5 Å². The van der Waals surface area contributed by atoms with Crippen LogP contribution in [0.2, 0.25) is 0 Å². The number of anilines is 1. The lowest BCUT2D eigenvalue weighted by molar-refractivity contribution is -0.118. The molecule has 17 heteroatoms. The lowest BCUT2D eigenvalue weighted by Gasteiger charge is -2.23. The number of alkyl halides is 1. The molecule has 4 atom stereocenters. The molecule has 1 fully saturated rings. The minimum Gasteiger partial charge on any atom is -0.386 e. The van der Waals surface area contributed by atoms with E-state index in [1.807, 2.05) is 5.92 Å². The first kappa shape index (κ1) is 37.4. The Morgan fingerprint density at radius 2 is 1.69 bits per heavy atom. The monoisotopic (exact) mass is 689 g/mol. The van der Waals surface area contributed by atoms with E-state index in [0.717, 1.165) is 23.5 Å². The number of ether oxygens (including phenoxy) is 1. The summed E-state index contributed by atoms with van der Waals surface area (Å²) in [6.07, 6.45) is 1.93. The highest BCUT2D eigenvalue weighted by molar-refractivity contribution is 8.14. The summed E-state index contributed by atoms with van der Waals surface area (Å²) in [6.45, 7) is 11.3. The van der Waals surface area contributed by atoms with Crippen LogP contribution in [0.4, 0.5) is 10.2 Å². The van der Waals surface area contributed by atoms with Gasteiger partial charge in [0, 0.05) is 29.4 Å². The van der Waals surface area contributed by atoms with Crippen molar-refractivity contribution in [3.8, 4) is 12.3 Å². The molecule has 0 spiro atoms. The standard InChI is InChI=1S/C28H41FN5O8PS2/c1-10-28(29)20(35)18(42-23(28)34-16-31-19-21(30-9)32-17(2)33-22(19)34)15-41-43(38,39-11-13-44-24(36)26(3,4)5)40-12-14-45-25(37)27(6,7)8/h1,16,18,20,23,35H,11-15H2,2-9H3,(H,30,32,33)/t18-,20-,23-,28-/m1/s1. The molecule has 0 unspecified atom stereocenters. The van der Waals surface area contributed by atoms with Gasteiger partial charge in [-0.05, 0) is 6.92 Å². The third-order valence-corrected chi connectivity index (χ3v) is 10.4. The third-order valence-electron chi connectivity index (χ3n) is 6.44. The van der Waals surface area contributed by atoms with Gasteiger partial charge in [0.05, 0.1) is 26.1 Å². The molecular formula is C28H41FN5O8PS2. The molecule has 0 amide bonds. The molecule has 2 N–H and O–H groups in total. The predicted molar refractivity (Wildman–Crippen MR) is 171 cm³/mol. The van der Waals surface area contributed by atoms with Crippen LogP contribution in [0.15, 0.2) is 6.33 Å². The molecule has 0 saturated carbocycles. The SMILES string of the molecule is C#C[C@@]1(F)[C@H](O)[C@@H](COP(=O)(OCCSC(=O)C(C)(C)C)OCCSC(=O)C(C)(C)C)O[C@H]1n1cnc2c(NC)nc(C)nc21.